The average molecular weight is 296 g/mol. The maximum absolute atomic E-state index is 5.40. The molecule has 0 amide bonds. The Balaban J connectivity index is 1.61. The first kappa shape index (κ1) is 12.9. The van der Waals surface area contributed by atoms with E-state index in [2.05, 4.69) is 26.3 Å². The highest BCUT2D eigenvalue weighted by atomic mass is 16.7. The second-order valence-corrected chi connectivity index (χ2v) is 5.38. The van der Waals surface area contributed by atoms with E-state index in [4.69, 9.17) is 9.47 Å². The van der Waals surface area contributed by atoms with Gasteiger partial charge in [0.05, 0.1) is 5.39 Å². The van der Waals surface area contributed by atoms with E-state index in [1.165, 1.54) is 0 Å². The maximum atomic E-state index is 5.40. The predicted octanol–water partition coefficient (Wildman–Crippen LogP) is 2.92. The molecule has 1 aromatic carbocycles. The number of aryl methyl sites for hydroxylation is 2. The molecule has 22 heavy (non-hydrogen) atoms. The standard InChI is InChI=1S/C16H16N4O2/c1-9-5-12-15(19-10(2)20-16(12)18-9)17-7-11-3-4-13-14(6-11)22-8-21-13/h3-6H,7-8H2,1-2H3,(H2,17,18,19,20). The van der Waals surface area contributed by atoms with Crippen LogP contribution in [0.25, 0.3) is 11.0 Å². The van der Waals surface area contributed by atoms with Crippen molar-refractivity contribution in [1.82, 2.24) is 15.0 Å². The van der Waals surface area contributed by atoms with Crippen LogP contribution in [0.5, 0.6) is 11.5 Å². The van der Waals surface area contributed by atoms with Crippen LogP contribution in [0.15, 0.2) is 24.3 Å². The van der Waals surface area contributed by atoms with Crippen molar-refractivity contribution in [2.75, 3.05) is 12.1 Å². The number of anilines is 1. The molecule has 0 unspecified atom stereocenters. The van der Waals surface area contributed by atoms with E-state index in [1.54, 1.807) is 0 Å². The molecule has 6 nitrogen and oxygen atoms in total. The summed E-state index contributed by atoms with van der Waals surface area (Å²) in [5.74, 6) is 3.16. The largest absolute Gasteiger partial charge is 0.454 e. The summed E-state index contributed by atoms with van der Waals surface area (Å²) in [7, 11) is 0. The van der Waals surface area contributed by atoms with Crippen LogP contribution < -0.4 is 14.8 Å². The molecule has 0 saturated heterocycles. The molecule has 0 fully saturated rings. The molecule has 3 aromatic rings. The number of benzene rings is 1. The maximum Gasteiger partial charge on any atom is 0.231 e. The van der Waals surface area contributed by atoms with Gasteiger partial charge in [0.15, 0.2) is 11.5 Å². The van der Waals surface area contributed by atoms with Gasteiger partial charge in [-0.05, 0) is 37.6 Å². The van der Waals surface area contributed by atoms with Crippen LogP contribution in [-0.2, 0) is 6.54 Å². The highest BCUT2D eigenvalue weighted by Gasteiger charge is 2.13. The lowest BCUT2D eigenvalue weighted by Gasteiger charge is -2.08. The van der Waals surface area contributed by atoms with E-state index in [-0.39, 0.29) is 0 Å². The van der Waals surface area contributed by atoms with Crippen LogP contribution in [-0.4, -0.2) is 21.7 Å². The summed E-state index contributed by atoms with van der Waals surface area (Å²) >= 11 is 0. The Morgan fingerprint density at radius 3 is 2.91 bits per heavy atom. The van der Waals surface area contributed by atoms with Gasteiger partial charge in [0.1, 0.15) is 17.3 Å². The Bertz CT molecular complexity index is 857. The van der Waals surface area contributed by atoms with Gasteiger partial charge >= 0.3 is 0 Å². The molecule has 1 aliphatic rings. The monoisotopic (exact) mass is 296 g/mol. The third-order valence-corrected chi connectivity index (χ3v) is 3.63. The first-order valence-electron chi connectivity index (χ1n) is 7.15. The number of aromatic amines is 1. The van der Waals surface area contributed by atoms with Crippen molar-refractivity contribution >= 4 is 16.9 Å². The third kappa shape index (κ3) is 2.22. The molecule has 0 radical (unpaired) electrons. The number of H-pyrrole nitrogens is 1. The second kappa shape index (κ2) is 4.91. The molecular weight excluding hydrogens is 280 g/mol. The van der Waals surface area contributed by atoms with Crippen LogP contribution in [0.4, 0.5) is 5.82 Å². The molecular formula is C16H16N4O2. The van der Waals surface area contributed by atoms with Gasteiger partial charge in [0.2, 0.25) is 6.79 Å². The minimum absolute atomic E-state index is 0.292. The van der Waals surface area contributed by atoms with Crippen molar-refractivity contribution in [2.45, 2.75) is 20.4 Å². The van der Waals surface area contributed by atoms with Crippen molar-refractivity contribution in [3.63, 3.8) is 0 Å². The zero-order valence-corrected chi connectivity index (χ0v) is 12.4. The predicted molar refractivity (Wildman–Crippen MR) is 83.3 cm³/mol. The summed E-state index contributed by atoms with van der Waals surface area (Å²) in [6.07, 6.45) is 0. The molecule has 0 aliphatic carbocycles. The van der Waals surface area contributed by atoms with E-state index < -0.39 is 0 Å². The molecule has 1 aliphatic heterocycles. The number of rotatable bonds is 3. The van der Waals surface area contributed by atoms with Gasteiger partial charge < -0.3 is 19.8 Å². The first-order valence-corrected chi connectivity index (χ1v) is 7.15. The Labute approximate surface area is 127 Å². The van der Waals surface area contributed by atoms with Crippen LogP contribution in [0.3, 0.4) is 0 Å². The third-order valence-electron chi connectivity index (χ3n) is 3.63. The number of nitrogens with one attached hydrogen (secondary N) is 2. The lowest BCUT2D eigenvalue weighted by atomic mass is 10.2. The summed E-state index contributed by atoms with van der Waals surface area (Å²) < 4.78 is 10.7. The molecule has 0 spiro atoms. The minimum atomic E-state index is 0.292. The fourth-order valence-corrected chi connectivity index (χ4v) is 2.62. The fourth-order valence-electron chi connectivity index (χ4n) is 2.62. The zero-order chi connectivity index (χ0) is 15.1. The van der Waals surface area contributed by atoms with E-state index in [0.29, 0.717) is 13.3 Å². The van der Waals surface area contributed by atoms with Gasteiger partial charge in [-0.15, -0.1) is 0 Å². The number of fused-ring (bicyclic) bond motifs is 2. The smallest absolute Gasteiger partial charge is 0.231 e. The molecule has 2 N–H and O–H groups in total. The Morgan fingerprint density at radius 2 is 2.00 bits per heavy atom. The lowest BCUT2D eigenvalue weighted by molar-refractivity contribution is 0.174. The second-order valence-electron chi connectivity index (χ2n) is 5.38. The van der Waals surface area contributed by atoms with Gasteiger partial charge in [-0.2, -0.15) is 0 Å². The zero-order valence-electron chi connectivity index (χ0n) is 12.4. The highest BCUT2D eigenvalue weighted by Crippen LogP contribution is 2.32. The summed E-state index contributed by atoms with van der Waals surface area (Å²) in [6, 6.07) is 7.99. The van der Waals surface area contributed by atoms with Gasteiger partial charge in [-0.3, -0.25) is 0 Å². The fraction of sp³-hybridized carbons (Fsp3) is 0.250. The topological polar surface area (TPSA) is 72.1 Å². The molecule has 0 saturated carbocycles. The normalized spacial score (nSPS) is 12.8. The van der Waals surface area contributed by atoms with Crippen LogP contribution in [0.2, 0.25) is 0 Å². The number of hydrogen-bond donors (Lipinski definition) is 2. The summed E-state index contributed by atoms with van der Waals surface area (Å²) in [5, 5.41) is 4.39. The van der Waals surface area contributed by atoms with Crippen LogP contribution in [0, 0.1) is 13.8 Å². The van der Waals surface area contributed by atoms with Crippen molar-refractivity contribution in [3.05, 3.63) is 41.3 Å². The molecule has 3 heterocycles. The SMILES string of the molecule is Cc1nc(NCc2ccc3c(c2)OCO3)c2cc(C)[nH]c2n1. The van der Waals surface area contributed by atoms with Gasteiger partial charge in [-0.1, -0.05) is 6.07 Å². The minimum Gasteiger partial charge on any atom is -0.454 e. The van der Waals surface area contributed by atoms with Crippen molar-refractivity contribution < 1.29 is 9.47 Å². The molecule has 4 rings (SSSR count). The highest BCUT2D eigenvalue weighted by molar-refractivity contribution is 5.87. The van der Waals surface area contributed by atoms with Crippen LogP contribution >= 0.6 is 0 Å². The number of nitrogens with zero attached hydrogens (tertiary/aromatic N) is 2. The van der Waals surface area contributed by atoms with Crippen molar-refractivity contribution in [1.29, 1.82) is 0 Å². The first-order chi connectivity index (χ1) is 10.7. The summed E-state index contributed by atoms with van der Waals surface area (Å²) in [4.78, 5) is 12.2. The van der Waals surface area contributed by atoms with Gasteiger partial charge in [0.25, 0.3) is 0 Å². The average Bonchev–Trinajstić information content (AvgIpc) is 3.09. The van der Waals surface area contributed by atoms with E-state index in [1.807, 2.05) is 32.0 Å². The van der Waals surface area contributed by atoms with E-state index in [0.717, 1.165) is 45.4 Å². The Hall–Kier alpha value is -2.76. The summed E-state index contributed by atoms with van der Waals surface area (Å²) in [6.45, 7) is 4.85. The molecule has 0 atom stereocenters. The van der Waals surface area contributed by atoms with Crippen LogP contribution in [0.1, 0.15) is 17.1 Å². The molecule has 2 aromatic heterocycles. The Kier molecular flexibility index (Phi) is 2.89. The summed E-state index contributed by atoms with van der Waals surface area (Å²) in [5.41, 5.74) is 3.04. The number of ether oxygens (including phenoxy) is 2. The van der Waals surface area contributed by atoms with E-state index >= 15 is 0 Å². The number of hydrogen-bond acceptors (Lipinski definition) is 5. The molecule has 6 heteroatoms. The molecule has 0 bridgehead atoms. The van der Waals surface area contributed by atoms with E-state index in [9.17, 15) is 0 Å². The Morgan fingerprint density at radius 1 is 1.14 bits per heavy atom. The van der Waals surface area contributed by atoms with Gasteiger partial charge in [-0.25, -0.2) is 9.97 Å². The molecule has 112 valence electrons. The van der Waals surface area contributed by atoms with Gasteiger partial charge in [0, 0.05) is 12.2 Å². The van der Waals surface area contributed by atoms with Crippen molar-refractivity contribution in [3.8, 4) is 11.5 Å². The number of aromatic nitrogens is 3. The lowest BCUT2D eigenvalue weighted by Crippen LogP contribution is -2.03. The van der Waals surface area contributed by atoms with Crippen molar-refractivity contribution in [2.24, 2.45) is 0 Å². The quantitative estimate of drug-likeness (QED) is 0.777.